The molecule has 2 aromatic rings. The smallest absolute Gasteiger partial charge is 0.307 e. The number of ketones is 1. The first-order valence-corrected chi connectivity index (χ1v) is 7.88. The van der Waals surface area contributed by atoms with Crippen LogP contribution in [0.3, 0.4) is 0 Å². The van der Waals surface area contributed by atoms with Crippen LogP contribution in [0.4, 0.5) is 5.69 Å². The summed E-state index contributed by atoms with van der Waals surface area (Å²) in [6, 6.07) is 11.7. The predicted octanol–water partition coefficient (Wildman–Crippen LogP) is 3.18. The highest BCUT2D eigenvalue weighted by atomic mass is 16.5. The highest BCUT2D eigenvalue weighted by Crippen LogP contribution is 2.21. The maximum Gasteiger partial charge on any atom is 0.307 e. The number of anilines is 1. The predicted molar refractivity (Wildman–Crippen MR) is 98.4 cm³/mol. The third kappa shape index (κ3) is 5.31. The summed E-state index contributed by atoms with van der Waals surface area (Å²) < 4.78 is 5.13. The van der Waals surface area contributed by atoms with E-state index in [1.54, 1.807) is 42.5 Å². The number of carbonyl (C=O) groups is 3. The maximum absolute atomic E-state index is 12.3. The van der Waals surface area contributed by atoms with Gasteiger partial charge in [-0.15, -0.1) is 0 Å². The van der Waals surface area contributed by atoms with Crippen molar-refractivity contribution >= 4 is 29.4 Å². The highest BCUT2D eigenvalue weighted by molar-refractivity contribution is 6.07. The number of carboxylic acids is 1. The number of carboxylic acid groups (broad SMARTS) is 1. The van der Waals surface area contributed by atoms with Gasteiger partial charge < -0.3 is 15.2 Å². The number of allylic oxidation sites excluding steroid dienone is 1. The van der Waals surface area contributed by atoms with Crippen molar-refractivity contribution in [3.05, 3.63) is 65.2 Å². The van der Waals surface area contributed by atoms with Crippen LogP contribution in [0, 0.1) is 0 Å². The molecule has 0 atom stereocenters. The maximum atomic E-state index is 12.3. The average Bonchev–Trinajstić information content (AvgIpc) is 2.60. The fourth-order valence-electron chi connectivity index (χ4n) is 2.38. The van der Waals surface area contributed by atoms with Gasteiger partial charge in [0.05, 0.1) is 13.5 Å². The van der Waals surface area contributed by atoms with Crippen molar-refractivity contribution in [2.75, 3.05) is 12.4 Å². The molecule has 0 fully saturated rings. The fraction of sp³-hybridized carbons (Fsp3) is 0.150. The number of benzene rings is 2. The summed E-state index contributed by atoms with van der Waals surface area (Å²) in [6.07, 6.45) is 2.85. The van der Waals surface area contributed by atoms with Gasteiger partial charge in [-0.2, -0.15) is 0 Å². The topological polar surface area (TPSA) is 92.7 Å². The number of hydrogen-bond donors (Lipinski definition) is 2. The van der Waals surface area contributed by atoms with Crippen molar-refractivity contribution in [3.8, 4) is 5.75 Å². The van der Waals surface area contributed by atoms with Crippen LogP contribution < -0.4 is 10.1 Å². The van der Waals surface area contributed by atoms with E-state index in [0.29, 0.717) is 22.6 Å². The molecule has 6 nitrogen and oxygen atoms in total. The molecule has 0 heterocycles. The van der Waals surface area contributed by atoms with Crippen LogP contribution in [-0.2, 0) is 16.0 Å². The molecule has 134 valence electrons. The Bertz CT molecular complexity index is 853. The molecule has 0 aliphatic carbocycles. The SMILES string of the molecule is COc1ccc(C(=O)/C=C/c2ccc(NC(C)=O)cc2)cc1CC(=O)O. The third-order valence-electron chi connectivity index (χ3n) is 3.56. The molecule has 0 bridgehead atoms. The summed E-state index contributed by atoms with van der Waals surface area (Å²) in [7, 11) is 1.45. The quantitative estimate of drug-likeness (QED) is 0.589. The van der Waals surface area contributed by atoms with Crippen LogP contribution in [0.15, 0.2) is 48.5 Å². The van der Waals surface area contributed by atoms with Gasteiger partial charge in [0.2, 0.25) is 5.91 Å². The molecule has 0 aromatic heterocycles. The number of carbonyl (C=O) groups excluding carboxylic acids is 2. The van der Waals surface area contributed by atoms with Crippen molar-refractivity contribution in [2.45, 2.75) is 13.3 Å². The van der Waals surface area contributed by atoms with Crippen LogP contribution in [0.5, 0.6) is 5.75 Å². The molecule has 2 aromatic carbocycles. The average molecular weight is 353 g/mol. The molecule has 1 amide bonds. The molecular formula is C20H19NO5. The van der Waals surface area contributed by atoms with Gasteiger partial charge in [0, 0.05) is 23.7 Å². The van der Waals surface area contributed by atoms with E-state index in [0.717, 1.165) is 5.56 Å². The summed E-state index contributed by atoms with van der Waals surface area (Å²) >= 11 is 0. The molecular weight excluding hydrogens is 334 g/mol. The number of rotatable bonds is 7. The summed E-state index contributed by atoms with van der Waals surface area (Å²) in [4.78, 5) is 34.3. The van der Waals surface area contributed by atoms with Crippen LogP contribution in [0.2, 0.25) is 0 Å². The number of nitrogens with one attached hydrogen (secondary N) is 1. The van der Waals surface area contributed by atoms with Crippen LogP contribution in [0.25, 0.3) is 6.08 Å². The van der Waals surface area contributed by atoms with E-state index < -0.39 is 5.97 Å². The van der Waals surface area contributed by atoms with Crippen LogP contribution in [0.1, 0.15) is 28.4 Å². The van der Waals surface area contributed by atoms with Crippen molar-refractivity contribution in [1.82, 2.24) is 0 Å². The summed E-state index contributed by atoms with van der Waals surface area (Å²) in [5.41, 5.74) is 2.30. The van der Waals surface area contributed by atoms with E-state index in [1.165, 1.54) is 26.2 Å². The Morgan fingerprint density at radius 1 is 1.12 bits per heavy atom. The number of hydrogen-bond acceptors (Lipinski definition) is 4. The zero-order valence-electron chi connectivity index (χ0n) is 14.5. The second kappa shape index (κ2) is 8.62. The van der Waals surface area contributed by atoms with Crippen molar-refractivity contribution in [1.29, 1.82) is 0 Å². The second-order valence-corrected chi connectivity index (χ2v) is 5.60. The second-order valence-electron chi connectivity index (χ2n) is 5.60. The lowest BCUT2D eigenvalue weighted by atomic mass is 10.0. The Labute approximate surface area is 151 Å². The normalized spacial score (nSPS) is 10.5. The molecule has 0 unspecified atom stereocenters. The molecule has 0 spiro atoms. The van der Waals surface area contributed by atoms with Gasteiger partial charge in [-0.05, 0) is 42.0 Å². The van der Waals surface area contributed by atoms with Gasteiger partial charge in [-0.25, -0.2) is 0 Å². The van der Waals surface area contributed by atoms with Gasteiger partial charge in [0.25, 0.3) is 0 Å². The summed E-state index contributed by atoms with van der Waals surface area (Å²) in [6.45, 7) is 1.43. The first-order valence-electron chi connectivity index (χ1n) is 7.88. The Morgan fingerprint density at radius 2 is 1.81 bits per heavy atom. The van der Waals surface area contributed by atoms with Crippen LogP contribution >= 0.6 is 0 Å². The number of ether oxygens (including phenoxy) is 1. The molecule has 0 radical (unpaired) electrons. The van der Waals surface area contributed by atoms with Crippen molar-refractivity contribution in [3.63, 3.8) is 0 Å². The van der Waals surface area contributed by atoms with Gasteiger partial charge >= 0.3 is 5.97 Å². The number of methoxy groups -OCH3 is 1. The van der Waals surface area contributed by atoms with Crippen molar-refractivity contribution in [2.24, 2.45) is 0 Å². The largest absolute Gasteiger partial charge is 0.496 e. The molecule has 0 saturated heterocycles. The van der Waals surface area contributed by atoms with Crippen LogP contribution in [-0.4, -0.2) is 29.9 Å². The molecule has 2 rings (SSSR count). The van der Waals surface area contributed by atoms with Gasteiger partial charge in [-0.3, -0.25) is 14.4 Å². The number of amides is 1. The minimum absolute atomic E-state index is 0.153. The van der Waals surface area contributed by atoms with E-state index in [2.05, 4.69) is 5.32 Å². The Balaban J connectivity index is 2.14. The molecule has 2 N–H and O–H groups in total. The standard InChI is InChI=1S/C20H19NO5/c1-13(22)21-17-7-3-14(4-8-17)5-9-18(23)15-6-10-19(26-2)16(11-15)12-20(24)25/h3-11H,12H2,1-2H3,(H,21,22)(H,24,25)/b9-5+. The Hall–Kier alpha value is -3.41. The first-order chi connectivity index (χ1) is 12.4. The van der Waals surface area contributed by atoms with E-state index in [9.17, 15) is 14.4 Å². The molecule has 0 saturated carbocycles. The molecule has 0 aliphatic heterocycles. The van der Waals surface area contributed by atoms with E-state index in [4.69, 9.17) is 9.84 Å². The van der Waals surface area contributed by atoms with Crippen molar-refractivity contribution < 1.29 is 24.2 Å². The minimum Gasteiger partial charge on any atom is -0.496 e. The van der Waals surface area contributed by atoms with Gasteiger partial charge in [0.1, 0.15) is 5.75 Å². The minimum atomic E-state index is -0.997. The van der Waals surface area contributed by atoms with Gasteiger partial charge in [0.15, 0.2) is 5.78 Å². The highest BCUT2D eigenvalue weighted by Gasteiger charge is 2.11. The zero-order chi connectivity index (χ0) is 19.1. The van der Waals surface area contributed by atoms with E-state index >= 15 is 0 Å². The summed E-state index contributed by atoms with van der Waals surface area (Å²) in [5, 5.41) is 11.6. The van der Waals surface area contributed by atoms with E-state index in [1.807, 2.05) is 0 Å². The molecule has 0 aliphatic rings. The lowest BCUT2D eigenvalue weighted by Gasteiger charge is -2.08. The fourth-order valence-corrected chi connectivity index (χ4v) is 2.38. The lowest BCUT2D eigenvalue weighted by molar-refractivity contribution is -0.136. The molecule has 26 heavy (non-hydrogen) atoms. The Morgan fingerprint density at radius 3 is 2.38 bits per heavy atom. The lowest BCUT2D eigenvalue weighted by Crippen LogP contribution is -2.05. The molecule has 6 heteroatoms. The summed E-state index contributed by atoms with van der Waals surface area (Å²) in [5.74, 6) is -0.963. The third-order valence-corrected chi connectivity index (χ3v) is 3.56. The zero-order valence-corrected chi connectivity index (χ0v) is 14.5. The van der Waals surface area contributed by atoms with E-state index in [-0.39, 0.29) is 18.1 Å². The number of aliphatic carboxylic acids is 1. The monoisotopic (exact) mass is 353 g/mol. The first kappa shape index (κ1) is 18.9. The Kier molecular flexibility index (Phi) is 6.27. The van der Waals surface area contributed by atoms with Gasteiger partial charge in [-0.1, -0.05) is 18.2 Å².